The number of nitrogens with one attached hydrogen (secondary N) is 1. The van der Waals surface area contributed by atoms with Crippen LogP contribution in [0, 0.1) is 5.92 Å². The number of ether oxygens (including phenoxy) is 1. The molecule has 1 aliphatic rings. The van der Waals surface area contributed by atoms with Crippen molar-refractivity contribution in [3.8, 4) is 5.75 Å². The molecule has 1 saturated heterocycles. The summed E-state index contributed by atoms with van der Waals surface area (Å²) in [4.78, 5) is 27.9. The van der Waals surface area contributed by atoms with Crippen molar-refractivity contribution in [1.29, 1.82) is 0 Å². The molecule has 0 aromatic heterocycles. The normalized spacial score (nSPS) is 18.9. The Bertz CT molecular complexity index is 886. The molecule has 0 bridgehead atoms. The zero-order valence-corrected chi connectivity index (χ0v) is 18.3. The van der Waals surface area contributed by atoms with Crippen LogP contribution in [0.15, 0.2) is 48.5 Å². The Kier molecular flexibility index (Phi) is 7.75. The van der Waals surface area contributed by atoms with E-state index in [1.165, 1.54) is 0 Å². The topological polar surface area (TPSA) is 58.6 Å². The largest absolute Gasteiger partial charge is 0.496 e. The standard InChI is InChI=1S/C24H29ClN2O3/c1-3-4-15-27-22(28)14-13-19(23(27)18-10-6-8-12-21(18)30-2)24(29)26-16-17-9-5-7-11-20(17)25/h5-12,19,23H,3-4,13-16H2,1-2H3,(H,26,29). The lowest BCUT2D eigenvalue weighted by Gasteiger charge is -2.41. The summed E-state index contributed by atoms with van der Waals surface area (Å²) in [6.45, 7) is 3.09. The maximum atomic E-state index is 13.3. The van der Waals surface area contributed by atoms with Gasteiger partial charge in [-0.25, -0.2) is 0 Å². The summed E-state index contributed by atoms with van der Waals surface area (Å²) in [6.07, 6.45) is 2.76. The van der Waals surface area contributed by atoms with E-state index in [9.17, 15) is 9.59 Å². The van der Waals surface area contributed by atoms with Crippen molar-refractivity contribution in [2.45, 2.75) is 45.2 Å². The predicted octanol–water partition coefficient (Wildman–Crippen LogP) is 4.74. The first-order chi connectivity index (χ1) is 14.6. The van der Waals surface area contributed by atoms with Crippen molar-refractivity contribution >= 4 is 23.4 Å². The summed E-state index contributed by atoms with van der Waals surface area (Å²) in [7, 11) is 1.62. The Morgan fingerprint density at radius 1 is 1.20 bits per heavy atom. The second kappa shape index (κ2) is 10.5. The molecule has 2 unspecified atom stereocenters. The Balaban J connectivity index is 1.88. The van der Waals surface area contributed by atoms with E-state index in [1.807, 2.05) is 53.4 Å². The van der Waals surface area contributed by atoms with Crippen molar-refractivity contribution in [3.63, 3.8) is 0 Å². The number of unbranched alkanes of at least 4 members (excludes halogenated alkanes) is 1. The van der Waals surface area contributed by atoms with E-state index in [4.69, 9.17) is 16.3 Å². The molecule has 1 heterocycles. The third kappa shape index (κ3) is 4.96. The van der Waals surface area contributed by atoms with Crippen LogP contribution in [0.4, 0.5) is 0 Å². The zero-order chi connectivity index (χ0) is 21.5. The van der Waals surface area contributed by atoms with Gasteiger partial charge in [-0.15, -0.1) is 0 Å². The summed E-state index contributed by atoms with van der Waals surface area (Å²) < 4.78 is 5.57. The molecular formula is C24H29ClN2O3. The van der Waals surface area contributed by atoms with Crippen LogP contribution in [0.1, 0.15) is 49.8 Å². The van der Waals surface area contributed by atoms with E-state index in [0.717, 1.165) is 24.0 Å². The van der Waals surface area contributed by atoms with Gasteiger partial charge in [-0.3, -0.25) is 9.59 Å². The number of carbonyl (C=O) groups excluding carboxylic acids is 2. The third-order valence-corrected chi connectivity index (χ3v) is 6.03. The summed E-state index contributed by atoms with van der Waals surface area (Å²) in [5.74, 6) is 0.371. The Morgan fingerprint density at radius 3 is 2.67 bits per heavy atom. The molecule has 3 rings (SSSR count). The summed E-state index contributed by atoms with van der Waals surface area (Å²) in [5, 5.41) is 3.66. The molecule has 0 radical (unpaired) electrons. The smallest absolute Gasteiger partial charge is 0.225 e. The van der Waals surface area contributed by atoms with Gasteiger partial charge in [-0.1, -0.05) is 61.3 Å². The van der Waals surface area contributed by atoms with Gasteiger partial charge in [0.25, 0.3) is 0 Å². The average Bonchev–Trinajstić information content (AvgIpc) is 2.77. The molecule has 160 valence electrons. The van der Waals surface area contributed by atoms with Gasteiger partial charge in [0.1, 0.15) is 5.75 Å². The summed E-state index contributed by atoms with van der Waals surface area (Å²) in [6, 6.07) is 14.8. The van der Waals surface area contributed by atoms with Crippen LogP contribution in [0.5, 0.6) is 5.75 Å². The van der Waals surface area contributed by atoms with E-state index in [1.54, 1.807) is 7.11 Å². The summed E-state index contributed by atoms with van der Waals surface area (Å²) >= 11 is 6.24. The van der Waals surface area contributed by atoms with Crippen molar-refractivity contribution in [2.24, 2.45) is 5.92 Å². The SMILES string of the molecule is CCCCN1C(=O)CCC(C(=O)NCc2ccccc2Cl)C1c1ccccc1OC. The molecule has 1 N–H and O–H groups in total. The fourth-order valence-corrected chi connectivity index (χ4v) is 4.27. The van der Waals surface area contributed by atoms with E-state index in [0.29, 0.717) is 36.7 Å². The fraction of sp³-hybridized carbons (Fsp3) is 0.417. The van der Waals surface area contributed by atoms with Gasteiger partial charge in [0, 0.05) is 30.1 Å². The molecule has 5 nitrogen and oxygen atoms in total. The third-order valence-electron chi connectivity index (χ3n) is 5.66. The van der Waals surface area contributed by atoms with Crippen molar-refractivity contribution < 1.29 is 14.3 Å². The molecule has 2 aromatic rings. The molecule has 30 heavy (non-hydrogen) atoms. The highest BCUT2D eigenvalue weighted by molar-refractivity contribution is 6.31. The van der Waals surface area contributed by atoms with Crippen molar-refractivity contribution in [3.05, 3.63) is 64.7 Å². The minimum absolute atomic E-state index is 0.0696. The molecule has 2 atom stereocenters. The number of hydrogen-bond acceptors (Lipinski definition) is 3. The van der Waals surface area contributed by atoms with Gasteiger partial charge in [0.05, 0.1) is 19.1 Å². The Labute approximate surface area is 183 Å². The maximum absolute atomic E-state index is 13.3. The Morgan fingerprint density at radius 2 is 1.93 bits per heavy atom. The average molecular weight is 429 g/mol. The highest BCUT2D eigenvalue weighted by Crippen LogP contribution is 2.40. The van der Waals surface area contributed by atoms with Gasteiger partial charge in [0.15, 0.2) is 0 Å². The monoisotopic (exact) mass is 428 g/mol. The molecular weight excluding hydrogens is 400 g/mol. The van der Waals surface area contributed by atoms with Gasteiger partial charge in [-0.05, 0) is 30.5 Å². The highest BCUT2D eigenvalue weighted by atomic mass is 35.5. The molecule has 0 spiro atoms. The number of carbonyl (C=O) groups is 2. The predicted molar refractivity (Wildman–Crippen MR) is 118 cm³/mol. The number of nitrogens with zero attached hydrogens (tertiary/aromatic N) is 1. The number of methoxy groups -OCH3 is 1. The van der Waals surface area contributed by atoms with Gasteiger partial charge in [-0.2, -0.15) is 0 Å². The first-order valence-corrected chi connectivity index (χ1v) is 10.9. The van der Waals surface area contributed by atoms with Gasteiger partial charge >= 0.3 is 0 Å². The number of piperidine rings is 1. The van der Waals surface area contributed by atoms with Crippen LogP contribution in [0.2, 0.25) is 5.02 Å². The van der Waals surface area contributed by atoms with E-state index in [-0.39, 0.29) is 23.8 Å². The number of hydrogen-bond donors (Lipinski definition) is 1. The Hall–Kier alpha value is -2.53. The number of likely N-dealkylation sites (tertiary alicyclic amines) is 1. The van der Waals surface area contributed by atoms with Crippen molar-refractivity contribution in [2.75, 3.05) is 13.7 Å². The van der Waals surface area contributed by atoms with Crippen LogP contribution in [0.25, 0.3) is 0 Å². The molecule has 1 fully saturated rings. The lowest BCUT2D eigenvalue weighted by molar-refractivity contribution is -0.143. The molecule has 2 amide bonds. The lowest BCUT2D eigenvalue weighted by atomic mass is 9.83. The van der Waals surface area contributed by atoms with Crippen molar-refractivity contribution in [1.82, 2.24) is 10.2 Å². The molecule has 2 aromatic carbocycles. The number of para-hydroxylation sites is 1. The van der Waals surface area contributed by atoms with Crippen LogP contribution in [-0.4, -0.2) is 30.4 Å². The van der Waals surface area contributed by atoms with Crippen LogP contribution in [0.3, 0.4) is 0 Å². The number of rotatable bonds is 8. The zero-order valence-electron chi connectivity index (χ0n) is 17.6. The number of benzene rings is 2. The van der Waals surface area contributed by atoms with E-state index >= 15 is 0 Å². The fourth-order valence-electron chi connectivity index (χ4n) is 4.07. The first kappa shape index (κ1) is 22.2. The second-order valence-corrected chi connectivity index (χ2v) is 7.99. The van der Waals surface area contributed by atoms with Gasteiger partial charge in [0.2, 0.25) is 11.8 Å². The van der Waals surface area contributed by atoms with Gasteiger partial charge < -0.3 is 15.0 Å². The van der Waals surface area contributed by atoms with E-state index in [2.05, 4.69) is 12.2 Å². The second-order valence-electron chi connectivity index (χ2n) is 7.58. The minimum Gasteiger partial charge on any atom is -0.496 e. The molecule has 6 heteroatoms. The molecule has 0 aliphatic carbocycles. The van der Waals surface area contributed by atoms with Crippen LogP contribution in [-0.2, 0) is 16.1 Å². The highest BCUT2D eigenvalue weighted by Gasteiger charge is 2.41. The number of halogens is 1. The molecule has 1 aliphatic heterocycles. The number of amides is 2. The maximum Gasteiger partial charge on any atom is 0.225 e. The van der Waals surface area contributed by atoms with E-state index < -0.39 is 0 Å². The summed E-state index contributed by atoms with van der Waals surface area (Å²) in [5.41, 5.74) is 1.75. The minimum atomic E-state index is -0.349. The lowest BCUT2D eigenvalue weighted by Crippen LogP contribution is -2.48. The quantitative estimate of drug-likeness (QED) is 0.660. The molecule has 0 saturated carbocycles. The first-order valence-electron chi connectivity index (χ1n) is 10.5. The van der Waals surface area contributed by atoms with Crippen LogP contribution >= 0.6 is 11.6 Å². The van der Waals surface area contributed by atoms with Crippen LogP contribution < -0.4 is 10.1 Å².